The molecule has 0 spiro atoms. The van der Waals surface area contributed by atoms with E-state index in [2.05, 4.69) is 180 Å². The number of rotatable bonds is 5. The van der Waals surface area contributed by atoms with E-state index in [0.717, 1.165) is 22.5 Å². The molecule has 0 aliphatic carbocycles. The lowest BCUT2D eigenvalue weighted by atomic mass is 9.42. The van der Waals surface area contributed by atoms with Crippen molar-refractivity contribution in [1.82, 2.24) is 9.55 Å². The normalized spacial score (nSPS) is 11.8. The van der Waals surface area contributed by atoms with Gasteiger partial charge in [-0.05, 0) is 85.3 Å². The summed E-state index contributed by atoms with van der Waals surface area (Å²) in [5.74, 6) is 1.06. The third kappa shape index (κ3) is 4.67. The van der Waals surface area contributed by atoms with E-state index < -0.39 is 0 Å². The minimum Gasteiger partial charge on any atom is -0.298 e. The Morgan fingerprint density at radius 1 is 0.444 bits per heavy atom. The van der Waals surface area contributed by atoms with Crippen LogP contribution in [-0.4, -0.2) is 33.1 Å². The van der Waals surface area contributed by atoms with Gasteiger partial charge in [-0.1, -0.05) is 126 Å². The zero-order chi connectivity index (χ0) is 30.5. The Labute approximate surface area is 266 Å². The number of nitrogens with zero attached hydrogens (tertiary/aromatic N) is 2. The van der Waals surface area contributed by atoms with Gasteiger partial charge in [-0.3, -0.25) is 4.57 Å². The van der Waals surface area contributed by atoms with Crippen LogP contribution in [-0.2, 0) is 5.11 Å². The first-order chi connectivity index (χ1) is 22.0. The van der Waals surface area contributed by atoms with E-state index in [1.54, 1.807) is 0 Å². The predicted molar refractivity (Wildman–Crippen MR) is 200 cm³/mol. The maximum atomic E-state index is 5.10. The fourth-order valence-electron chi connectivity index (χ4n) is 6.83. The molecule has 8 aromatic rings. The van der Waals surface area contributed by atoms with Crippen molar-refractivity contribution in [2.45, 2.75) is 5.11 Å². The van der Waals surface area contributed by atoms with Crippen LogP contribution in [0.15, 0.2) is 152 Å². The molecule has 7 aromatic carbocycles. The monoisotopic (exact) mass is 572 g/mol. The number of hydrogen-bond donors (Lipinski definition) is 0. The van der Waals surface area contributed by atoms with E-state index in [4.69, 9.17) is 4.98 Å². The van der Waals surface area contributed by atoms with Crippen molar-refractivity contribution in [2.75, 3.05) is 0 Å². The molecule has 5 heteroatoms. The van der Waals surface area contributed by atoms with Crippen LogP contribution in [0.25, 0.3) is 71.6 Å². The van der Waals surface area contributed by atoms with E-state index in [9.17, 15) is 0 Å². The highest BCUT2D eigenvalue weighted by Gasteiger charge is 2.24. The minimum atomic E-state index is -0.121. The number of aromatic nitrogens is 2. The third-order valence-corrected chi connectivity index (χ3v) is 8.81. The molecule has 2 nitrogen and oxygen atoms in total. The van der Waals surface area contributed by atoms with Crippen LogP contribution >= 0.6 is 0 Å². The standard InChI is InChI=1S/C40H31B3N2/c41-40(42,43)39-44-35-22-8-9-23-36(35)45(39)30-17-11-16-29(25-30)38-33-20-6-4-18-31(33)37(32-19-5-7-21-34(32)38)28-15-10-14-27(24-28)26-12-2-1-3-13-26/h1-25H,41-43H2. The van der Waals surface area contributed by atoms with Crippen molar-refractivity contribution in [3.8, 4) is 39.1 Å². The predicted octanol–water partition coefficient (Wildman–Crippen LogP) is 7.34. The van der Waals surface area contributed by atoms with Gasteiger partial charge in [-0.2, -0.15) is 0 Å². The first kappa shape index (κ1) is 27.3. The van der Waals surface area contributed by atoms with Crippen molar-refractivity contribution >= 4 is 56.1 Å². The van der Waals surface area contributed by atoms with Gasteiger partial charge in [-0.15, -0.1) is 0 Å². The van der Waals surface area contributed by atoms with E-state index >= 15 is 0 Å². The molecule has 0 saturated carbocycles. The molecule has 0 radical (unpaired) electrons. The van der Waals surface area contributed by atoms with Gasteiger partial charge in [-0.25, -0.2) is 4.98 Å². The third-order valence-electron chi connectivity index (χ3n) is 8.81. The van der Waals surface area contributed by atoms with Gasteiger partial charge in [0.25, 0.3) is 0 Å². The Morgan fingerprint density at radius 3 is 1.56 bits per heavy atom. The quantitative estimate of drug-likeness (QED) is 0.156. The summed E-state index contributed by atoms with van der Waals surface area (Å²) >= 11 is 0. The maximum absolute atomic E-state index is 5.10. The molecular formula is C40H31B3N2. The van der Waals surface area contributed by atoms with Gasteiger partial charge in [0, 0.05) is 5.69 Å². The molecule has 0 atom stereocenters. The Balaban J connectivity index is 1.39. The zero-order valence-corrected chi connectivity index (χ0v) is 25.8. The molecule has 0 N–H and O–H groups in total. The van der Waals surface area contributed by atoms with E-state index in [0.29, 0.717) is 0 Å². The fraction of sp³-hybridized carbons (Fsp3) is 0.0250. The summed E-state index contributed by atoms with van der Waals surface area (Å²) in [5, 5.41) is 4.89. The Morgan fingerprint density at radius 2 is 0.933 bits per heavy atom. The topological polar surface area (TPSA) is 17.8 Å². The summed E-state index contributed by atoms with van der Waals surface area (Å²) in [6.07, 6.45) is 0. The average molecular weight is 572 g/mol. The summed E-state index contributed by atoms with van der Waals surface area (Å²) in [6.45, 7) is 0. The SMILES string of the molecule is BC(B)(B)c1nc2ccccc2n1-c1cccc(-c2c3ccccc3c(-c3cccc(-c4ccccc4)c3)c3ccccc23)c1. The van der Waals surface area contributed by atoms with Crippen LogP contribution in [0.1, 0.15) is 5.82 Å². The van der Waals surface area contributed by atoms with Gasteiger partial charge in [0.2, 0.25) is 0 Å². The largest absolute Gasteiger partial charge is 0.298 e. The minimum absolute atomic E-state index is 0.121. The molecule has 45 heavy (non-hydrogen) atoms. The Hall–Kier alpha value is -5.28. The lowest BCUT2D eigenvalue weighted by molar-refractivity contribution is 0.930. The number of benzene rings is 7. The fourth-order valence-corrected chi connectivity index (χ4v) is 6.83. The Bertz CT molecular complexity index is 2310. The van der Waals surface area contributed by atoms with Crippen molar-refractivity contribution < 1.29 is 0 Å². The van der Waals surface area contributed by atoms with Gasteiger partial charge >= 0.3 is 0 Å². The molecule has 0 bridgehead atoms. The van der Waals surface area contributed by atoms with Gasteiger partial charge in [0.1, 0.15) is 0 Å². The van der Waals surface area contributed by atoms with Gasteiger partial charge in [0.05, 0.1) is 40.4 Å². The highest BCUT2D eigenvalue weighted by atomic mass is 15.1. The van der Waals surface area contributed by atoms with Crippen LogP contribution in [0.2, 0.25) is 0 Å². The molecule has 1 heterocycles. The highest BCUT2D eigenvalue weighted by molar-refractivity contribution is 6.58. The maximum Gasteiger partial charge on any atom is 0.0994 e. The molecule has 210 valence electrons. The lowest BCUT2D eigenvalue weighted by Gasteiger charge is -2.21. The lowest BCUT2D eigenvalue weighted by Crippen LogP contribution is -2.31. The smallest absolute Gasteiger partial charge is 0.0994 e. The molecule has 0 unspecified atom stereocenters. The van der Waals surface area contributed by atoms with Crippen LogP contribution in [0.5, 0.6) is 0 Å². The van der Waals surface area contributed by atoms with E-state index in [1.165, 1.54) is 54.9 Å². The summed E-state index contributed by atoms with van der Waals surface area (Å²) in [7, 11) is 6.71. The van der Waals surface area contributed by atoms with E-state index in [-0.39, 0.29) is 5.11 Å². The number of para-hydroxylation sites is 2. The summed E-state index contributed by atoms with van der Waals surface area (Å²) < 4.78 is 2.34. The summed E-state index contributed by atoms with van der Waals surface area (Å²) in [5.41, 5.74) is 10.7. The molecule has 8 rings (SSSR count). The second kappa shape index (κ2) is 10.7. The molecule has 0 fully saturated rings. The summed E-state index contributed by atoms with van der Waals surface area (Å²) in [4.78, 5) is 5.10. The second-order valence-electron chi connectivity index (χ2n) is 12.8. The second-order valence-corrected chi connectivity index (χ2v) is 12.8. The first-order valence-electron chi connectivity index (χ1n) is 15.7. The molecule has 1 aromatic heterocycles. The average Bonchev–Trinajstić information content (AvgIpc) is 3.48. The number of imidazole rings is 1. The molecule has 0 amide bonds. The molecular weight excluding hydrogens is 541 g/mol. The van der Waals surface area contributed by atoms with Gasteiger partial charge < -0.3 is 0 Å². The number of fused-ring (bicyclic) bond motifs is 3. The van der Waals surface area contributed by atoms with Crippen molar-refractivity contribution in [3.05, 3.63) is 157 Å². The van der Waals surface area contributed by atoms with Crippen LogP contribution < -0.4 is 0 Å². The molecule has 0 saturated heterocycles. The highest BCUT2D eigenvalue weighted by Crippen LogP contribution is 2.44. The van der Waals surface area contributed by atoms with Gasteiger partial charge in [0.15, 0.2) is 0 Å². The van der Waals surface area contributed by atoms with Crippen LogP contribution in [0.3, 0.4) is 0 Å². The number of hydrogen-bond acceptors (Lipinski definition) is 1. The van der Waals surface area contributed by atoms with Crippen molar-refractivity contribution in [1.29, 1.82) is 0 Å². The Kier molecular flexibility index (Phi) is 6.50. The molecule has 0 aliphatic rings. The molecule has 0 aliphatic heterocycles. The van der Waals surface area contributed by atoms with E-state index in [1.807, 2.05) is 0 Å². The van der Waals surface area contributed by atoms with Crippen molar-refractivity contribution in [2.24, 2.45) is 0 Å². The zero-order valence-electron chi connectivity index (χ0n) is 25.8. The first-order valence-corrected chi connectivity index (χ1v) is 15.7. The summed E-state index contributed by atoms with van der Waals surface area (Å²) in [6, 6.07) is 54.8. The van der Waals surface area contributed by atoms with Crippen LogP contribution in [0.4, 0.5) is 0 Å². The van der Waals surface area contributed by atoms with Crippen LogP contribution in [0, 0.1) is 0 Å². The van der Waals surface area contributed by atoms with Crippen molar-refractivity contribution in [3.63, 3.8) is 0 Å².